The van der Waals surface area contributed by atoms with E-state index in [1.165, 1.54) is 11.1 Å². The summed E-state index contributed by atoms with van der Waals surface area (Å²) in [6.07, 6.45) is 1.14. The molecule has 1 heteroatoms. The third-order valence-corrected chi connectivity index (χ3v) is 4.01. The third-order valence-electron chi connectivity index (χ3n) is 4.01. The fraction of sp³-hybridized carbons (Fsp3) is 0.333. The van der Waals surface area contributed by atoms with Gasteiger partial charge in [0.05, 0.1) is 0 Å². The largest absolute Gasteiger partial charge is 0.323 e. The van der Waals surface area contributed by atoms with Crippen LogP contribution >= 0.6 is 0 Å². The van der Waals surface area contributed by atoms with Gasteiger partial charge in [-0.05, 0) is 17.0 Å². The summed E-state index contributed by atoms with van der Waals surface area (Å²) in [6.45, 7) is 4.53. The molecular weight excluding hydrogens is 230 g/mol. The highest BCUT2D eigenvalue weighted by Gasteiger charge is 2.25. The summed E-state index contributed by atoms with van der Waals surface area (Å²) in [5.41, 5.74) is 9.11. The zero-order chi connectivity index (χ0) is 13.7. The second-order valence-corrected chi connectivity index (χ2v) is 5.26. The molecule has 0 spiro atoms. The molecule has 2 aromatic rings. The molecule has 3 atom stereocenters. The van der Waals surface area contributed by atoms with Crippen LogP contribution < -0.4 is 5.73 Å². The second kappa shape index (κ2) is 6.53. The third kappa shape index (κ3) is 3.24. The van der Waals surface area contributed by atoms with Crippen molar-refractivity contribution in [2.75, 3.05) is 0 Å². The molecule has 3 unspecified atom stereocenters. The Hall–Kier alpha value is -1.60. The maximum Gasteiger partial charge on any atom is 0.0367 e. The molecule has 0 saturated heterocycles. The summed E-state index contributed by atoms with van der Waals surface area (Å²) in [7, 11) is 0. The predicted molar refractivity (Wildman–Crippen MR) is 82.0 cm³/mol. The first kappa shape index (κ1) is 13.8. The molecule has 1 nitrogen and oxygen atoms in total. The van der Waals surface area contributed by atoms with Crippen molar-refractivity contribution in [3.63, 3.8) is 0 Å². The van der Waals surface area contributed by atoms with Crippen molar-refractivity contribution >= 4 is 0 Å². The molecule has 0 heterocycles. The summed E-state index contributed by atoms with van der Waals surface area (Å²) < 4.78 is 0. The average Bonchev–Trinajstić information content (AvgIpc) is 2.49. The molecule has 2 aromatic carbocycles. The van der Waals surface area contributed by atoms with Crippen molar-refractivity contribution in [3.05, 3.63) is 71.8 Å². The lowest BCUT2D eigenvalue weighted by Gasteiger charge is -2.30. The normalized spacial score (nSPS) is 15.7. The Labute approximate surface area is 116 Å². The molecule has 0 radical (unpaired) electrons. The molecule has 0 aromatic heterocycles. The minimum atomic E-state index is 0.0542. The van der Waals surface area contributed by atoms with Crippen LogP contribution in [-0.2, 0) is 0 Å². The number of rotatable bonds is 5. The van der Waals surface area contributed by atoms with Gasteiger partial charge in [0.2, 0.25) is 0 Å². The smallest absolute Gasteiger partial charge is 0.0367 e. The van der Waals surface area contributed by atoms with Crippen LogP contribution in [0.5, 0.6) is 0 Å². The number of nitrogens with two attached hydrogens (primary N) is 1. The molecule has 2 N–H and O–H groups in total. The zero-order valence-electron chi connectivity index (χ0n) is 11.8. The Morgan fingerprint density at radius 2 is 1.32 bits per heavy atom. The van der Waals surface area contributed by atoms with Gasteiger partial charge < -0.3 is 5.73 Å². The number of hydrogen-bond donors (Lipinski definition) is 1. The molecule has 19 heavy (non-hydrogen) atoms. The minimum absolute atomic E-state index is 0.0542. The van der Waals surface area contributed by atoms with E-state index in [1.54, 1.807) is 0 Å². The molecule has 0 fully saturated rings. The number of hydrogen-bond acceptors (Lipinski definition) is 1. The van der Waals surface area contributed by atoms with E-state index in [-0.39, 0.29) is 6.04 Å². The van der Waals surface area contributed by atoms with Gasteiger partial charge in [0.25, 0.3) is 0 Å². The van der Waals surface area contributed by atoms with Crippen LogP contribution in [0.15, 0.2) is 60.7 Å². The maximum absolute atomic E-state index is 6.55. The first-order valence-electron chi connectivity index (χ1n) is 7.09. The highest BCUT2D eigenvalue weighted by atomic mass is 14.7. The van der Waals surface area contributed by atoms with Crippen molar-refractivity contribution < 1.29 is 0 Å². The van der Waals surface area contributed by atoms with Gasteiger partial charge in [-0.15, -0.1) is 0 Å². The van der Waals surface area contributed by atoms with Crippen LogP contribution in [0, 0.1) is 5.92 Å². The lowest BCUT2D eigenvalue weighted by atomic mass is 9.78. The lowest BCUT2D eigenvalue weighted by molar-refractivity contribution is 0.388. The predicted octanol–water partition coefficient (Wildman–Crippen LogP) is 4.52. The van der Waals surface area contributed by atoms with E-state index < -0.39 is 0 Å². The van der Waals surface area contributed by atoms with Crippen molar-refractivity contribution in [2.24, 2.45) is 11.7 Å². The number of benzene rings is 2. The van der Waals surface area contributed by atoms with Gasteiger partial charge in [0, 0.05) is 12.0 Å². The Bertz CT molecular complexity index is 478. The van der Waals surface area contributed by atoms with Crippen LogP contribution in [0.1, 0.15) is 43.4 Å². The Morgan fingerprint density at radius 1 is 0.842 bits per heavy atom. The van der Waals surface area contributed by atoms with Gasteiger partial charge in [-0.25, -0.2) is 0 Å². The molecule has 0 amide bonds. The molecular formula is C18H23N. The van der Waals surface area contributed by atoms with E-state index in [0.29, 0.717) is 11.8 Å². The first-order chi connectivity index (χ1) is 9.24. The van der Waals surface area contributed by atoms with Crippen molar-refractivity contribution in [2.45, 2.75) is 32.2 Å². The first-order valence-corrected chi connectivity index (χ1v) is 7.09. The van der Waals surface area contributed by atoms with Crippen molar-refractivity contribution in [3.8, 4) is 0 Å². The average molecular weight is 253 g/mol. The second-order valence-electron chi connectivity index (χ2n) is 5.26. The van der Waals surface area contributed by atoms with E-state index in [0.717, 1.165) is 6.42 Å². The molecule has 2 rings (SSSR count). The van der Waals surface area contributed by atoms with Crippen molar-refractivity contribution in [1.29, 1.82) is 0 Å². The quantitative estimate of drug-likeness (QED) is 0.833. The molecule has 0 aliphatic heterocycles. The Morgan fingerprint density at radius 3 is 1.79 bits per heavy atom. The summed E-state index contributed by atoms with van der Waals surface area (Å²) in [5, 5.41) is 0. The maximum atomic E-state index is 6.55. The molecule has 0 aliphatic carbocycles. The van der Waals surface area contributed by atoms with Gasteiger partial charge in [0.15, 0.2) is 0 Å². The van der Waals surface area contributed by atoms with Gasteiger partial charge in [-0.2, -0.15) is 0 Å². The van der Waals surface area contributed by atoms with Crippen LogP contribution in [0.4, 0.5) is 0 Å². The summed E-state index contributed by atoms with van der Waals surface area (Å²) in [6, 6.07) is 21.1. The van der Waals surface area contributed by atoms with E-state index in [9.17, 15) is 0 Å². The van der Waals surface area contributed by atoms with Gasteiger partial charge >= 0.3 is 0 Å². The highest BCUT2D eigenvalue weighted by Crippen LogP contribution is 2.36. The molecule has 0 bridgehead atoms. The lowest BCUT2D eigenvalue weighted by Crippen LogP contribution is -2.24. The van der Waals surface area contributed by atoms with E-state index in [1.807, 2.05) is 6.07 Å². The van der Waals surface area contributed by atoms with Crippen LogP contribution in [0.3, 0.4) is 0 Å². The fourth-order valence-electron chi connectivity index (χ4n) is 2.70. The Kier molecular flexibility index (Phi) is 4.75. The van der Waals surface area contributed by atoms with Crippen LogP contribution in [0.25, 0.3) is 0 Å². The van der Waals surface area contributed by atoms with Gasteiger partial charge in [-0.3, -0.25) is 0 Å². The summed E-state index contributed by atoms with van der Waals surface area (Å²) >= 11 is 0. The molecule has 0 aliphatic rings. The van der Waals surface area contributed by atoms with E-state index >= 15 is 0 Å². The minimum Gasteiger partial charge on any atom is -0.323 e. The van der Waals surface area contributed by atoms with E-state index in [2.05, 4.69) is 68.4 Å². The van der Waals surface area contributed by atoms with Gasteiger partial charge in [-0.1, -0.05) is 80.9 Å². The van der Waals surface area contributed by atoms with Crippen LogP contribution in [0.2, 0.25) is 0 Å². The molecule has 0 saturated carbocycles. The highest BCUT2D eigenvalue weighted by molar-refractivity contribution is 5.28. The summed E-state index contributed by atoms with van der Waals surface area (Å²) in [5.74, 6) is 0.936. The topological polar surface area (TPSA) is 26.0 Å². The summed E-state index contributed by atoms with van der Waals surface area (Å²) in [4.78, 5) is 0. The van der Waals surface area contributed by atoms with Crippen molar-refractivity contribution in [1.82, 2.24) is 0 Å². The zero-order valence-corrected chi connectivity index (χ0v) is 11.8. The van der Waals surface area contributed by atoms with Crippen LogP contribution in [-0.4, -0.2) is 0 Å². The van der Waals surface area contributed by atoms with E-state index in [4.69, 9.17) is 5.73 Å². The molecule has 100 valence electrons. The SMILES string of the molecule is CCC(C)C(c1ccccc1)C(N)c1ccccc1. The Balaban J connectivity index is 2.34. The monoisotopic (exact) mass is 253 g/mol. The fourth-order valence-corrected chi connectivity index (χ4v) is 2.70. The standard InChI is InChI=1S/C18H23N/c1-3-14(2)17(15-10-6-4-7-11-15)18(19)16-12-8-5-9-13-16/h4-14,17-18H,3,19H2,1-2H3. The van der Waals surface area contributed by atoms with Gasteiger partial charge in [0.1, 0.15) is 0 Å².